The summed E-state index contributed by atoms with van der Waals surface area (Å²) in [6.45, 7) is 48.3. The summed E-state index contributed by atoms with van der Waals surface area (Å²) in [7, 11) is 0. The van der Waals surface area contributed by atoms with Crippen LogP contribution in [0.2, 0.25) is 0 Å². The van der Waals surface area contributed by atoms with Crippen LogP contribution in [0.3, 0.4) is 0 Å². The third-order valence-corrected chi connectivity index (χ3v) is 25.6. The van der Waals surface area contributed by atoms with Crippen molar-refractivity contribution >= 4 is 11.7 Å². The summed E-state index contributed by atoms with van der Waals surface area (Å²) in [5, 5.41) is 10.8. The average molecular weight is 1560 g/mol. The van der Waals surface area contributed by atoms with E-state index in [0.29, 0.717) is 60.1 Å². The highest BCUT2D eigenvalue weighted by atomic mass is 32.1. The third kappa shape index (κ3) is 30.4. The number of aliphatic hydroxyl groups is 1. The Kier molecular flexibility index (Phi) is 40.9. The van der Waals surface area contributed by atoms with E-state index in [0.717, 1.165) is 116 Å². The summed E-state index contributed by atoms with van der Waals surface area (Å²) in [5.74, 6) is 15.5. The van der Waals surface area contributed by atoms with Crippen molar-refractivity contribution < 1.29 is 24.1 Å². The van der Waals surface area contributed by atoms with Gasteiger partial charge in [0.25, 0.3) is 0 Å². The van der Waals surface area contributed by atoms with Crippen molar-refractivity contribution in [2.75, 3.05) is 19.8 Å². The van der Waals surface area contributed by atoms with E-state index in [1.54, 1.807) is 22.9 Å². The summed E-state index contributed by atoms with van der Waals surface area (Å²) < 4.78 is 30.4. The molecule has 113 heavy (non-hydrogen) atoms. The van der Waals surface area contributed by atoms with Crippen molar-refractivity contribution in [1.29, 1.82) is 0 Å². The van der Waals surface area contributed by atoms with Gasteiger partial charge in [0.1, 0.15) is 11.5 Å². The number of aryl methyl sites for hydroxylation is 1. The highest BCUT2D eigenvalue weighted by molar-refractivity contribution is 6.99. The molecule has 1 N–H and O–H groups in total. The molecule has 6 aromatic carbocycles. The fraction of sp³-hybridized carbons (Fsp3) is 0.587. The van der Waals surface area contributed by atoms with Gasteiger partial charge < -0.3 is 24.1 Å². The molecule has 9 heteroatoms. The first-order valence-electron chi connectivity index (χ1n) is 44.6. The number of benzene rings is 6. The Balaban J connectivity index is 0.000000177. The van der Waals surface area contributed by atoms with Crippen LogP contribution in [0, 0.1) is 76.9 Å². The average Bonchev–Trinajstić information content (AvgIpc) is 1.73. The molecular weight excluding hydrogens is 1400 g/mol. The molecule has 3 saturated carbocycles. The largest absolute Gasteiger partial charge is 0.493 e. The van der Waals surface area contributed by atoms with Gasteiger partial charge in [-0.3, -0.25) is 0 Å². The topological polar surface area (TPSA) is 95.8 Å². The van der Waals surface area contributed by atoms with Crippen LogP contribution in [-0.2, 0) is 37.0 Å². The van der Waals surface area contributed by atoms with Crippen LogP contribution in [-0.4, -0.2) is 44.3 Å². The zero-order chi connectivity index (χ0) is 81.8. The normalized spacial score (nSPS) is 20.2. The monoisotopic (exact) mass is 1560 g/mol. The van der Waals surface area contributed by atoms with E-state index in [1.807, 2.05) is 37.4 Å². The number of para-hydroxylation sites is 2. The Morgan fingerprint density at radius 3 is 1.68 bits per heavy atom. The lowest BCUT2D eigenvalue weighted by molar-refractivity contribution is 0.00347. The zero-order valence-electron chi connectivity index (χ0n) is 74.1. The first-order valence-corrected chi connectivity index (χ1v) is 45.4. The van der Waals surface area contributed by atoms with Gasteiger partial charge in [0.05, 0.1) is 61.8 Å². The summed E-state index contributed by atoms with van der Waals surface area (Å²) in [4.78, 5) is 4.17. The Morgan fingerprint density at radius 2 is 1.10 bits per heavy atom. The summed E-state index contributed by atoms with van der Waals surface area (Å²) in [6.07, 6.45) is 27.3. The molecule has 0 spiro atoms. The first kappa shape index (κ1) is 93.5. The minimum absolute atomic E-state index is 0.288. The molecule has 3 fully saturated rings. The van der Waals surface area contributed by atoms with Crippen LogP contribution in [0.4, 0.5) is 0 Å². The molecule has 0 radical (unpaired) electrons. The van der Waals surface area contributed by atoms with Gasteiger partial charge >= 0.3 is 0 Å². The van der Waals surface area contributed by atoms with Crippen LogP contribution in [0.5, 0.6) is 17.4 Å². The molecule has 0 saturated heterocycles. The van der Waals surface area contributed by atoms with Crippen LogP contribution in [0.15, 0.2) is 182 Å². The Hall–Kier alpha value is -6.65. The lowest BCUT2D eigenvalue weighted by Crippen LogP contribution is -2.36. The van der Waals surface area contributed by atoms with Crippen LogP contribution in [0.1, 0.15) is 314 Å². The third-order valence-electron chi connectivity index (χ3n) is 25.1. The smallest absolute Gasteiger partial charge is 0.216 e. The van der Waals surface area contributed by atoms with E-state index in [-0.39, 0.29) is 5.92 Å². The highest BCUT2D eigenvalue weighted by Gasteiger charge is 2.42. The van der Waals surface area contributed by atoms with Crippen molar-refractivity contribution in [3.8, 4) is 17.4 Å². The standard InChI is InChI=1S/C15H22O.C14H20.C13H18.2C12H16O.C11H14O.C11H22.C10H15NO.C6H10N2S/c1-12(2)14(13-8-4-3-5-9-13)15(16)10-6-7-11-15;1-11(2)13-9-6-10-14(13)12-7-4-3-5-8-12;1-10(2)12-8-7-11-5-3-4-6-13(11)9-12;1-9(2)11-7-10-5-3-4-6-12(10)13-8-11;1-9(2)10-7-8-13-12-6-4-3-5-11(10)12;1-8(2)11-10-6-4-3-5-9(10)7-12-11;1-9(2)10(3)11-7-5-4-6-8-11;1-4-12-10-9(8(2)3)6-5-7-11-10;1-5(2)3-6-4-7-9-8-6/h3-5,8-9,12,14,16H,6-7,10-11H2,1-2H3;3-5,7-8,11,13-14H,6,9-10H2,1-2H3;3-6,10,12H,7-9H2,1-2H3;3-6,9,11H,7-8H2,1-2H3;3-6,9-10H,7-8H2,1-2H3;3-6,8,11H,7H2,1-2H3;9-11H,4-8H2,1-3H3;5-8H,4H2,1-3H3;4-5H,3H2,1-2H3/t14-;;;;10-;;10-;;/m0...0.0../s1. The number of rotatable bonds is 16. The lowest BCUT2D eigenvalue weighted by Gasteiger charge is -2.36. The molecule has 620 valence electrons. The molecule has 15 rings (SSSR count). The SMILES string of the molecule is CC(C)C1CCCC1c1ccccc1.CC(C)C1CCc2ccccc2C1.CC(C)C1COc2ccccc2C1.CC(C)C1OCc2ccccc21.CC(C)Cc1cnsn1.CC(C)[C@@H](c1ccccc1)C1(O)CCCC1.CC(C)[C@@H]1CCOc2ccccc21.CC(C)[C@H](C)C1CCCCC1.CCOc1ncccc1C(C)C. The molecule has 8 nitrogen and oxygen atoms in total. The van der Waals surface area contributed by atoms with E-state index in [2.05, 4.69) is 291 Å². The predicted molar refractivity (Wildman–Crippen MR) is 481 cm³/mol. The van der Waals surface area contributed by atoms with Crippen molar-refractivity contribution in [2.45, 2.75) is 296 Å². The second-order valence-corrected chi connectivity index (χ2v) is 37.2. The van der Waals surface area contributed by atoms with Gasteiger partial charge in [0, 0.05) is 17.7 Å². The highest BCUT2D eigenvalue weighted by Crippen LogP contribution is 2.47. The summed E-state index contributed by atoms with van der Waals surface area (Å²) >= 11 is 1.28. The van der Waals surface area contributed by atoms with Crippen molar-refractivity contribution in [3.05, 3.63) is 238 Å². The maximum Gasteiger partial charge on any atom is 0.216 e. The molecule has 3 aliphatic heterocycles. The zero-order valence-corrected chi connectivity index (χ0v) is 74.9. The summed E-state index contributed by atoms with van der Waals surface area (Å²) in [6, 6.07) is 59.7. The molecular formula is C104H153N3O5S. The molecule has 0 amide bonds. The maximum atomic E-state index is 10.8. The van der Waals surface area contributed by atoms with Gasteiger partial charge in [-0.25, -0.2) is 4.98 Å². The predicted octanol–water partition coefficient (Wildman–Crippen LogP) is 28.6. The van der Waals surface area contributed by atoms with Crippen molar-refractivity contribution in [3.63, 3.8) is 0 Å². The quantitative estimate of drug-likeness (QED) is 0.102. The molecule has 8 aromatic rings. The number of aromatic nitrogens is 3. The second-order valence-electron chi connectivity index (χ2n) is 36.6. The van der Waals surface area contributed by atoms with Crippen LogP contribution >= 0.6 is 11.7 Å². The van der Waals surface area contributed by atoms with E-state index in [9.17, 15) is 5.11 Å². The number of fused-ring (bicyclic) bond motifs is 4. The number of hydrogen-bond donors (Lipinski definition) is 1. The molecule has 4 aliphatic carbocycles. The number of pyridine rings is 1. The fourth-order valence-electron chi connectivity index (χ4n) is 18.1. The van der Waals surface area contributed by atoms with Crippen LogP contribution in [0.25, 0.3) is 0 Å². The fourth-order valence-corrected chi connectivity index (χ4v) is 18.5. The molecule has 7 aliphatic rings. The number of hydrogen-bond acceptors (Lipinski definition) is 9. The van der Waals surface area contributed by atoms with Gasteiger partial charge in [-0.1, -0.05) is 335 Å². The van der Waals surface area contributed by atoms with Gasteiger partial charge in [0.15, 0.2) is 0 Å². The minimum Gasteiger partial charge on any atom is -0.493 e. The maximum absolute atomic E-state index is 10.8. The molecule has 8 atom stereocenters. The molecule has 2 aromatic heterocycles. The minimum atomic E-state index is -0.463. The molecule has 5 unspecified atom stereocenters. The number of nitrogens with zero attached hydrogens (tertiary/aromatic N) is 3. The van der Waals surface area contributed by atoms with Crippen molar-refractivity contribution in [2.24, 2.45) is 76.9 Å². The van der Waals surface area contributed by atoms with E-state index >= 15 is 0 Å². The Bertz CT molecular complexity index is 3750. The summed E-state index contributed by atoms with van der Waals surface area (Å²) in [5.41, 5.74) is 13.4. The van der Waals surface area contributed by atoms with Gasteiger partial charge in [-0.2, -0.15) is 8.75 Å². The molecule has 5 heterocycles. The lowest BCUT2D eigenvalue weighted by atomic mass is 9.74. The second kappa shape index (κ2) is 49.4. The van der Waals surface area contributed by atoms with Gasteiger partial charge in [-0.15, -0.1) is 0 Å². The van der Waals surface area contributed by atoms with E-state index < -0.39 is 5.60 Å². The van der Waals surface area contributed by atoms with E-state index in [1.165, 1.54) is 135 Å². The molecule has 0 bridgehead atoms. The van der Waals surface area contributed by atoms with Crippen LogP contribution < -0.4 is 14.2 Å². The van der Waals surface area contributed by atoms with Gasteiger partial charge in [0.2, 0.25) is 5.88 Å². The number of ether oxygens (including phenoxy) is 4. The Morgan fingerprint density at radius 1 is 0.504 bits per heavy atom. The van der Waals surface area contributed by atoms with Crippen molar-refractivity contribution in [1.82, 2.24) is 13.7 Å². The Labute approximate surface area is 693 Å². The van der Waals surface area contributed by atoms with E-state index in [4.69, 9.17) is 18.9 Å². The van der Waals surface area contributed by atoms with Gasteiger partial charge in [-0.05, 0) is 229 Å². The first-order chi connectivity index (χ1) is 54.3.